The number of hydrogen-bond acceptors (Lipinski definition) is 4. The molecule has 1 aromatic heterocycles. The van der Waals surface area contributed by atoms with Crippen LogP contribution in [-0.2, 0) is 13.1 Å². The molecule has 4 heteroatoms. The van der Waals surface area contributed by atoms with Crippen molar-refractivity contribution >= 4 is 5.82 Å². The van der Waals surface area contributed by atoms with Gasteiger partial charge in [-0.2, -0.15) is 0 Å². The molecule has 19 heavy (non-hydrogen) atoms. The second-order valence-corrected chi connectivity index (χ2v) is 4.63. The molecule has 1 aromatic carbocycles. The van der Waals surface area contributed by atoms with Gasteiger partial charge in [0.1, 0.15) is 11.6 Å². The van der Waals surface area contributed by atoms with Crippen LogP contribution in [0.15, 0.2) is 36.5 Å². The van der Waals surface area contributed by atoms with Gasteiger partial charge in [-0.3, -0.25) is 4.90 Å². The van der Waals surface area contributed by atoms with Crippen LogP contribution in [0.2, 0.25) is 0 Å². The molecule has 100 valence electrons. The SMILES string of the molecule is CCN(Cc1nccc(N)n1)Cc1ccccc1C. The Labute approximate surface area is 114 Å². The van der Waals surface area contributed by atoms with Crippen molar-refractivity contribution in [2.45, 2.75) is 26.9 Å². The molecule has 2 N–H and O–H groups in total. The standard InChI is InChI=1S/C15H20N4/c1-3-19(10-13-7-5-4-6-12(13)2)11-15-17-9-8-14(16)18-15/h4-9H,3,10-11H2,1-2H3,(H2,16,17,18). The summed E-state index contributed by atoms with van der Waals surface area (Å²) in [5, 5.41) is 0. The van der Waals surface area contributed by atoms with Crippen LogP contribution < -0.4 is 5.73 Å². The molecule has 1 heterocycles. The summed E-state index contributed by atoms with van der Waals surface area (Å²) in [5.41, 5.74) is 8.34. The van der Waals surface area contributed by atoms with E-state index in [1.54, 1.807) is 12.3 Å². The Morgan fingerprint density at radius 1 is 1.16 bits per heavy atom. The maximum Gasteiger partial charge on any atom is 0.144 e. The number of hydrogen-bond donors (Lipinski definition) is 1. The Morgan fingerprint density at radius 3 is 2.63 bits per heavy atom. The summed E-state index contributed by atoms with van der Waals surface area (Å²) in [6, 6.07) is 10.2. The van der Waals surface area contributed by atoms with Gasteiger partial charge >= 0.3 is 0 Å². The third-order valence-electron chi connectivity index (χ3n) is 3.19. The van der Waals surface area contributed by atoms with Gasteiger partial charge in [-0.05, 0) is 30.7 Å². The number of aromatic nitrogens is 2. The Bertz CT molecular complexity index is 539. The Morgan fingerprint density at radius 2 is 1.95 bits per heavy atom. The number of anilines is 1. The van der Waals surface area contributed by atoms with Gasteiger partial charge in [0.25, 0.3) is 0 Å². The van der Waals surface area contributed by atoms with Gasteiger partial charge in [0, 0.05) is 12.7 Å². The van der Waals surface area contributed by atoms with Crippen LogP contribution in [0.4, 0.5) is 5.82 Å². The number of benzene rings is 1. The van der Waals surface area contributed by atoms with Crippen molar-refractivity contribution in [3.8, 4) is 0 Å². The van der Waals surface area contributed by atoms with Crippen molar-refractivity contribution in [1.82, 2.24) is 14.9 Å². The molecule has 0 amide bonds. The average molecular weight is 256 g/mol. The third kappa shape index (κ3) is 3.76. The van der Waals surface area contributed by atoms with Gasteiger partial charge in [-0.1, -0.05) is 31.2 Å². The Balaban J connectivity index is 2.07. The first-order chi connectivity index (χ1) is 9.19. The summed E-state index contributed by atoms with van der Waals surface area (Å²) in [7, 11) is 0. The fourth-order valence-electron chi connectivity index (χ4n) is 2.00. The minimum Gasteiger partial charge on any atom is -0.384 e. The molecular formula is C15H20N4. The van der Waals surface area contributed by atoms with Crippen LogP contribution in [0.1, 0.15) is 23.9 Å². The minimum absolute atomic E-state index is 0.525. The van der Waals surface area contributed by atoms with Crippen molar-refractivity contribution in [2.75, 3.05) is 12.3 Å². The highest BCUT2D eigenvalue weighted by Gasteiger charge is 2.08. The molecule has 2 aromatic rings. The highest BCUT2D eigenvalue weighted by molar-refractivity contribution is 5.26. The first-order valence-electron chi connectivity index (χ1n) is 6.53. The zero-order valence-corrected chi connectivity index (χ0v) is 11.5. The van der Waals surface area contributed by atoms with Crippen molar-refractivity contribution in [2.24, 2.45) is 0 Å². The summed E-state index contributed by atoms with van der Waals surface area (Å²) in [4.78, 5) is 10.8. The van der Waals surface area contributed by atoms with Crippen molar-refractivity contribution in [3.63, 3.8) is 0 Å². The van der Waals surface area contributed by atoms with Gasteiger partial charge < -0.3 is 5.73 Å². The molecule has 0 aliphatic carbocycles. The lowest BCUT2D eigenvalue weighted by molar-refractivity contribution is 0.264. The smallest absolute Gasteiger partial charge is 0.144 e. The van der Waals surface area contributed by atoms with Crippen LogP contribution in [0.5, 0.6) is 0 Å². The van der Waals surface area contributed by atoms with Crippen LogP contribution in [-0.4, -0.2) is 21.4 Å². The van der Waals surface area contributed by atoms with E-state index in [4.69, 9.17) is 5.73 Å². The van der Waals surface area contributed by atoms with Gasteiger partial charge in [-0.15, -0.1) is 0 Å². The zero-order chi connectivity index (χ0) is 13.7. The highest BCUT2D eigenvalue weighted by Crippen LogP contribution is 2.12. The van der Waals surface area contributed by atoms with E-state index in [-0.39, 0.29) is 0 Å². The molecule has 0 saturated heterocycles. The highest BCUT2D eigenvalue weighted by atomic mass is 15.1. The maximum atomic E-state index is 5.68. The quantitative estimate of drug-likeness (QED) is 0.892. The van der Waals surface area contributed by atoms with E-state index in [2.05, 4.69) is 53.0 Å². The maximum absolute atomic E-state index is 5.68. The number of nitrogens with two attached hydrogens (primary N) is 1. The molecule has 0 atom stereocenters. The molecule has 0 radical (unpaired) electrons. The summed E-state index contributed by atoms with van der Waals surface area (Å²) < 4.78 is 0. The van der Waals surface area contributed by atoms with Gasteiger partial charge in [0.05, 0.1) is 6.54 Å². The van der Waals surface area contributed by atoms with Crippen molar-refractivity contribution < 1.29 is 0 Å². The van der Waals surface area contributed by atoms with E-state index in [9.17, 15) is 0 Å². The fraction of sp³-hybridized carbons (Fsp3) is 0.333. The molecule has 0 aliphatic rings. The molecule has 4 nitrogen and oxygen atoms in total. The van der Waals surface area contributed by atoms with E-state index in [1.807, 2.05) is 0 Å². The first-order valence-corrected chi connectivity index (χ1v) is 6.53. The molecule has 0 unspecified atom stereocenters. The van der Waals surface area contributed by atoms with Crippen molar-refractivity contribution in [1.29, 1.82) is 0 Å². The topological polar surface area (TPSA) is 55.0 Å². The summed E-state index contributed by atoms with van der Waals surface area (Å²) in [5.74, 6) is 1.30. The molecule has 0 saturated carbocycles. The fourth-order valence-corrected chi connectivity index (χ4v) is 2.00. The zero-order valence-electron chi connectivity index (χ0n) is 11.5. The lowest BCUT2D eigenvalue weighted by Gasteiger charge is -2.20. The van der Waals surface area contributed by atoms with Gasteiger partial charge in [0.15, 0.2) is 0 Å². The second kappa shape index (κ2) is 6.29. The summed E-state index contributed by atoms with van der Waals surface area (Å²) >= 11 is 0. The number of nitrogens with zero attached hydrogens (tertiary/aromatic N) is 3. The summed E-state index contributed by atoms with van der Waals surface area (Å²) in [6.45, 7) is 6.86. The predicted octanol–water partition coefficient (Wildman–Crippen LogP) is 2.39. The molecule has 2 rings (SSSR count). The van der Waals surface area contributed by atoms with Crippen molar-refractivity contribution in [3.05, 3.63) is 53.5 Å². The molecular weight excluding hydrogens is 236 g/mol. The van der Waals surface area contributed by atoms with Crippen LogP contribution in [0.3, 0.4) is 0 Å². The van der Waals surface area contributed by atoms with E-state index >= 15 is 0 Å². The molecule has 0 spiro atoms. The molecule has 0 aliphatic heterocycles. The second-order valence-electron chi connectivity index (χ2n) is 4.63. The number of aryl methyl sites for hydroxylation is 1. The minimum atomic E-state index is 0.525. The van der Waals surface area contributed by atoms with E-state index in [0.717, 1.165) is 25.5 Å². The largest absolute Gasteiger partial charge is 0.384 e. The number of nitrogen functional groups attached to an aromatic ring is 1. The van der Waals surface area contributed by atoms with Gasteiger partial charge in [0.2, 0.25) is 0 Å². The molecule has 0 bridgehead atoms. The number of rotatable bonds is 5. The van der Waals surface area contributed by atoms with Gasteiger partial charge in [-0.25, -0.2) is 9.97 Å². The van der Waals surface area contributed by atoms with E-state index in [1.165, 1.54) is 11.1 Å². The Hall–Kier alpha value is -1.94. The normalized spacial score (nSPS) is 10.9. The third-order valence-corrected chi connectivity index (χ3v) is 3.19. The van der Waals surface area contributed by atoms with E-state index in [0.29, 0.717) is 5.82 Å². The predicted molar refractivity (Wildman–Crippen MR) is 77.4 cm³/mol. The first kappa shape index (κ1) is 13.5. The average Bonchev–Trinajstić information content (AvgIpc) is 2.40. The molecule has 0 fully saturated rings. The van der Waals surface area contributed by atoms with Crippen LogP contribution in [0.25, 0.3) is 0 Å². The summed E-state index contributed by atoms with van der Waals surface area (Å²) in [6.07, 6.45) is 1.71. The lowest BCUT2D eigenvalue weighted by atomic mass is 10.1. The van der Waals surface area contributed by atoms with Crippen LogP contribution >= 0.6 is 0 Å². The lowest BCUT2D eigenvalue weighted by Crippen LogP contribution is -2.24. The van der Waals surface area contributed by atoms with Crippen LogP contribution in [0, 0.1) is 6.92 Å². The Kier molecular flexibility index (Phi) is 4.47. The van der Waals surface area contributed by atoms with E-state index < -0.39 is 0 Å². The monoisotopic (exact) mass is 256 g/mol.